The molecule has 0 fully saturated rings. The van der Waals surface area contributed by atoms with Gasteiger partial charge in [0.1, 0.15) is 11.5 Å². The second-order valence-electron chi connectivity index (χ2n) is 4.76. The summed E-state index contributed by atoms with van der Waals surface area (Å²) in [6.07, 6.45) is 0. The first kappa shape index (κ1) is 13.1. The fourth-order valence-electron chi connectivity index (χ4n) is 2.25. The van der Waals surface area contributed by atoms with Crippen LogP contribution in [0.25, 0.3) is 11.1 Å². The van der Waals surface area contributed by atoms with E-state index in [4.69, 9.17) is 16.2 Å². The number of hydrogen-bond acceptors (Lipinski definition) is 3. The van der Waals surface area contributed by atoms with Crippen LogP contribution in [-0.2, 0) is 0 Å². The van der Waals surface area contributed by atoms with Crippen molar-refractivity contribution in [3.63, 3.8) is 0 Å². The van der Waals surface area contributed by atoms with E-state index in [1.165, 1.54) is 0 Å². The van der Waals surface area contributed by atoms with Gasteiger partial charge in [-0.1, -0.05) is 42.5 Å². The van der Waals surface area contributed by atoms with E-state index in [-0.39, 0.29) is 0 Å². The summed E-state index contributed by atoms with van der Waals surface area (Å²) in [7, 11) is 0. The smallest absolute Gasteiger partial charge is 0.137 e. The average molecular weight is 276 g/mol. The zero-order chi connectivity index (χ0) is 14.7. The maximum Gasteiger partial charge on any atom is 0.137 e. The lowest BCUT2D eigenvalue weighted by molar-refractivity contribution is 0.485. The molecule has 104 valence electrons. The molecule has 0 atom stereocenters. The van der Waals surface area contributed by atoms with Crippen molar-refractivity contribution in [3.8, 4) is 22.6 Å². The number of anilines is 2. The van der Waals surface area contributed by atoms with E-state index in [2.05, 4.69) is 0 Å². The molecule has 0 bridgehead atoms. The summed E-state index contributed by atoms with van der Waals surface area (Å²) in [5.41, 5.74) is 15.2. The Morgan fingerprint density at radius 3 is 2.24 bits per heavy atom. The zero-order valence-corrected chi connectivity index (χ0v) is 11.5. The van der Waals surface area contributed by atoms with Gasteiger partial charge in [-0.25, -0.2) is 0 Å². The van der Waals surface area contributed by atoms with E-state index >= 15 is 0 Å². The molecule has 0 aliphatic carbocycles. The Hall–Kier alpha value is -2.94. The summed E-state index contributed by atoms with van der Waals surface area (Å²) >= 11 is 0. The van der Waals surface area contributed by atoms with Crippen LogP contribution >= 0.6 is 0 Å². The number of nitrogen functional groups attached to an aromatic ring is 2. The van der Waals surface area contributed by atoms with Gasteiger partial charge in [-0.2, -0.15) is 0 Å². The Bertz CT molecular complexity index is 754. The lowest BCUT2D eigenvalue weighted by Crippen LogP contribution is -1.94. The van der Waals surface area contributed by atoms with Crippen LogP contribution in [-0.4, -0.2) is 0 Å². The molecule has 0 heterocycles. The van der Waals surface area contributed by atoms with Crippen LogP contribution in [0.15, 0.2) is 72.8 Å². The second-order valence-corrected chi connectivity index (χ2v) is 4.76. The molecule has 0 saturated heterocycles. The first-order chi connectivity index (χ1) is 10.2. The van der Waals surface area contributed by atoms with Gasteiger partial charge in [0, 0.05) is 23.0 Å². The monoisotopic (exact) mass is 276 g/mol. The molecule has 0 unspecified atom stereocenters. The number of hydrogen-bond donors (Lipinski definition) is 2. The fraction of sp³-hybridized carbons (Fsp3) is 0. The third-order valence-electron chi connectivity index (χ3n) is 3.21. The molecule has 0 radical (unpaired) electrons. The Labute approximate surface area is 123 Å². The van der Waals surface area contributed by atoms with Gasteiger partial charge in [0.25, 0.3) is 0 Å². The standard InChI is InChI=1S/C18H16N2O/c19-14-8-4-9-15(12-14)21-17-11-5-10-16(20)18(17)13-6-2-1-3-7-13/h1-12H,19-20H2. The molecule has 0 saturated carbocycles. The van der Waals surface area contributed by atoms with Gasteiger partial charge in [0.15, 0.2) is 0 Å². The van der Waals surface area contributed by atoms with E-state index in [1.807, 2.05) is 66.7 Å². The Balaban J connectivity index is 2.05. The van der Waals surface area contributed by atoms with E-state index < -0.39 is 0 Å². The Morgan fingerprint density at radius 2 is 1.48 bits per heavy atom. The van der Waals surface area contributed by atoms with E-state index in [0.29, 0.717) is 22.9 Å². The number of ether oxygens (including phenoxy) is 1. The quantitative estimate of drug-likeness (QED) is 0.701. The molecule has 0 aliphatic rings. The van der Waals surface area contributed by atoms with E-state index in [1.54, 1.807) is 6.07 Å². The van der Waals surface area contributed by atoms with Crippen molar-refractivity contribution in [2.75, 3.05) is 11.5 Å². The van der Waals surface area contributed by atoms with Crippen molar-refractivity contribution >= 4 is 11.4 Å². The Kier molecular flexibility index (Phi) is 3.48. The summed E-state index contributed by atoms with van der Waals surface area (Å²) in [6, 6.07) is 22.9. The van der Waals surface area contributed by atoms with Crippen molar-refractivity contribution in [2.45, 2.75) is 0 Å². The lowest BCUT2D eigenvalue weighted by atomic mass is 10.0. The van der Waals surface area contributed by atoms with Gasteiger partial charge < -0.3 is 16.2 Å². The highest BCUT2D eigenvalue weighted by atomic mass is 16.5. The SMILES string of the molecule is Nc1cccc(Oc2cccc(N)c2-c2ccccc2)c1. The predicted octanol–water partition coefficient (Wildman–Crippen LogP) is 4.31. The maximum atomic E-state index is 6.13. The van der Waals surface area contributed by atoms with Crippen LogP contribution < -0.4 is 16.2 Å². The molecule has 0 aliphatic heterocycles. The third-order valence-corrected chi connectivity index (χ3v) is 3.21. The minimum absolute atomic E-state index is 0.665. The highest BCUT2D eigenvalue weighted by molar-refractivity contribution is 5.82. The summed E-state index contributed by atoms with van der Waals surface area (Å²) in [4.78, 5) is 0. The van der Waals surface area contributed by atoms with Gasteiger partial charge in [-0.05, 0) is 29.8 Å². The summed E-state index contributed by atoms with van der Waals surface area (Å²) < 4.78 is 5.97. The molecular weight excluding hydrogens is 260 g/mol. The highest BCUT2D eigenvalue weighted by Gasteiger charge is 2.10. The van der Waals surface area contributed by atoms with Gasteiger partial charge in [-0.3, -0.25) is 0 Å². The Morgan fingerprint density at radius 1 is 0.714 bits per heavy atom. The van der Waals surface area contributed by atoms with Gasteiger partial charge >= 0.3 is 0 Å². The fourth-order valence-corrected chi connectivity index (χ4v) is 2.25. The predicted molar refractivity (Wildman–Crippen MR) is 87.2 cm³/mol. The first-order valence-corrected chi connectivity index (χ1v) is 6.71. The number of benzene rings is 3. The van der Waals surface area contributed by atoms with Crippen LogP contribution in [0.1, 0.15) is 0 Å². The minimum Gasteiger partial charge on any atom is -0.457 e. The molecule has 3 heteroatoms. The zero-order valence-electron chi connectivity index (χ0n) is 11.5. The molecule has 21 heavy (non-hydrogen) atoms. The molecule has 0 aromatic heterocycles. The van der Waals surface area contributed by atoms with Gasteiger partial charge in [0.2, 0.25) is 0 Å². The van der Waals surface area contributed by atoms with Gasteiger partial charge in [-0.15, -0.1) is 0 Å². The highest BCUT2D eigenvalue weighted by Crippen LogP contribution is 2.37. The minimum atomic E-state index is 0.665. The van der Waals surface area contributed by atoms with Crippen LogP contribution in [0.3, 0.4) is 0 Å². The molecule has 3 aromatic rings. The largest absolute Gasteiger partial charge is 0.457 e. The third kappa shape index (κ3) is 2.82. The van der Waals surface area contributed by atoms with Crippen molar-refractivity contribution in [2.24, 2.45) is 0 Å². The first-order valence-electron chi connectivity index (χ1n) is 6.71. The van der Waals surface area contributed by atoms with Crippen LogP contribution in [0.2, 0.25) is 0 Å². The normalized spacial score (nSPS) is 10.3. The van der Waals surface area contributed by atoms with Crippen molar-refractivity contribution < 1.29 is 4.74 Å². The van der Waals surface area contributed by atoms with E-state index in [9.17, 15) is 0 Å². The summed E-state index contributed by atoms with van der Waals surface area (Å²) in [5.74, 6) is 1.41. The van der Waals surface area contributed by atoms with Crippen LogP contribution in [0, 0.1) is 0 Å². The topological polar surface area (TPSA) is 61.3 Å². The maximum absolute atomic E-state index is 6.13. The lowest BCUT2D eigenvalue weighted by Gasteiger charge is -2.14. The number of nitrogens with two attached hydrogens (primary N) is 2. The summed E-state index contributed by atoms with van der Waals surface area (Å²) in [6.45, 7) is 0. The molecule has 0 spiro atoms. The number of rotatable bonds is 3. The van der Waals surface area contributed by atoms with Crippen molar-refractivity contribution in [3.05, 3.63) is 72.8 Å². The molecule has 3 nitrogen and oxygen atoms in total. The second kappa shape index (κ2) is 5.59. The van der Waals surface area contributed by atoms with E-state index in [0.717, 1.165) is 11.1 Å². The molecule has 4 N–H and O–H groups in total. The summed E-state index contributed by atoms with van der Waals surface area (Å²) in [5, 5.41) is 0. The molecule has 3 rings (SSSR count). The molecular formula is C18H16N2O. The average Bonchev–Trinajstić information content (AvgIpc) is 2.48. The van der Waals surface area contributed by atoms with Crippen LogP contribution in [0.5, 0.6) is 11.5 Å². The molecule has 0 amide bonds. The van der Waals surface area contributed by atoms with Crippen molar-refractivity contribution in [1.29, 1.82) is 0 Å². The van der Waals surface area contributed by atoms with Gasteiger partial charge in [0.05, 0.1) is 0 Å². The molecule has 3 aromatic carbocycles. The van der Waals surface area contributed by atoms with Crippen LogP contribution in [0.4, 0.5) is 11.4 Å². The van der Waals surface area contributed by atoms with Crippen molar-refractivity contribution in [1.82, 2.24) is 0 Å².